The highest BCUT2D eigenvalue weighted by molar-refractivity contribution is 8.18. The summed E-state index contributed by atoms with van der Waals surface area (Å²) in [6, 6.07) is 11.7. The molecule has 8 heteroatoms. The molecule has 2 aromatic carbocycles. The Hall–Kier alpha value is -3.00. The molecule has 2 aromatic rings. The third kappa shape index (κ3) is 3.80. The standard InChI is InChI=1S/C18H14FN3O3S/c1-2-21-17(23)16(11-12-3-9-15(10-4-12)22(24)25)26-18(21)20-14-7-5-13(19)6-8-14/h3-11H,2H2,1H3/b16-11+,20-18?. The molecule has 1 aliphatic rings. The van der Waals surface area contributed by atoms with Crippen LogP contribution < -0.4 is 0 Å². The normalized spacial score (nSPS) is 17.3. The largest absolute Gasteiger partial charge is 0.287 e. The number of non-ortho nitro benzene ring substituents is 1. The summed E-state index contributed by atoms with van der Waals surface area (Å²) >= 11 is 1.22. The van der Waals surface area contributed by atoms with Gasteiger partial charge in [-0.1, -0.05) is 0 Å². The maximum atomic E-state index is 13.0. The number of benzene rings is 2. The van der Waals surface area contributed by atoms with Crippen molar-refractivity contribution >= 4 is 40.3 Å². The second kappa shape index (κ2) is 7.49. The van der Waals surface area contributed by atoms with E-state index >= 15 is 0 Å². The summed E-state index contributed by atoms with van der Waals surface area (Å²) in [5.41, 5.74) is 1.23. The van der Waals surface area contributed by atoms with Crippen LogP contribution in [0.2, 0.25) is 0 Å². The number of nitro benzene ring substituents is 1. The van der Waals surface area contributed by atoms with Gasteiger partial charge in [0.1, 0.15) is 5.82 Å². The molecule has 26 heavy (non-hydrogen) atoms. The van der Waals surface area contributed by atoms with Gasteiger partial charge in [-0.2, -0.15) is 0 Å². The third-order valence-corrected chi connectivity index (χ3v) is 4.66. The summed E-state index contributed by atoms with van der Waals surface area (Å²) in [4.78, 5) is 29.2. The fraction of sp³-hybridized carbons (Fsp3) is 0.111. The number of nitrogens with zero attached hydrogens (tertiary/aromatic N) is 3. The number of hydrogen-bond donors (Lipinski definition) is 0. The zero-order valence-corrected chi connectivity index (χ0v) is 14.6. The monoisotopic (exact) mass is 371 g/mol. The van der Waals surface area contributed by atoms with Crippen molar-refractivity contribution < 1.29 is 14.1 Å². The first-order valence-corrected chi connectivity index (χ1v) is 8.59. The molecule has 1 aliphatic heterocycles. The Bertz CT molecular complexity index is 908. The molecule has 1 saturated heterocycles. The summed E-state index contributed by atoms with van der Waals surface area (Å²) in [5, 5.41) is 11.2. The van der Waals surface area contributed by atoms with E-state index < -0.39 is 4.92 Å². The highest BCUT2D eigenvalue weighted by Crippen LogP contribution is 2.34. The molecule has 0 spiro atoms. The first kappa shape index (κ1) is 17.8. The van der Waals surface area contributed by atoms with E-state index in [1.54, 1.807) is 30.3 Å². The van der Waals surface area contributed by atoms with Gasteiger partial charge in [0.15, 0.2) is 5.17 Å². The number of carbonyl (C=O) groups excluding carboxylic acids is 1. The molecule has 3 rings (SSSR count). The van der Waals surface area contributed by atoms with Gasteiger partial charge < -0.3 is 0 Å². The molecule has 132 valence electrons. The van der Waals surface area contributed by atoms with E-state index in [2.05, 4.69) is 4.99 Å². The van der Waals surface area contributed by atoms with E-state index in [1.807, 2.05) is 6.92 Å². The second-order valence-electron chi connectivity index (χ2n) is 5.38. The number of halogens is 1. The van der Waals surface area contributed by atoms with Crippen LogP contribution in [0, 0.1) is 15.9 Å². The molecule has 6 nitrogen and oxygen atoms in total. The van der Waals surface area contributed by atoms with Gasteiger partial charge in [0, 0.05) is 18.7 Å². The molecular weight excluding hydrogens is 357 g/mol. The quantitative estimate of drug-likeness (QED) is 0.455. The van der Waals surface area contributed by atoms with E-state index in [9.17, 15) is 19.3 Å². The smallest absolute Gasteiger partial charge is 0.269 e. The van der Waals surface area contributed by atoms with Crippen LogP contribution in [-0.2, 0) is 4.79 Å². The summed E-state index contributed by atoms with van der Waals surface area (Å²) in [6.45, 7) is 2.29. The number of hydrogen-bond acceptors (Lipinski definition) is 5. The summed E-state index contributed by atoms with van der Waals surface area (Å²) in [5.74, 6) is -0.535. The van der Waals surface area contributed by atoms with Crippen LogP contribution in [0.3, 0.4) is 0 Å². The molecule has 0 N–H and O–H groups in total. The van der Waals surface area contributed by atoms with Crippen molar-refractivity contribution in [2.75, 3.05) is 6.54 Å². The molecular formula is C18H14FN3O3S. The lowest BCUT2D eigenvalue weighted by molar-refractivity contribution is -0.384. The molecule has 0 unspecified atom stereocenters. The fourth-order valence-corrected chi connectivity index (χ4v) is 3.40. The molecule has 1 fully saturated rings. The van der Waals surface area contributed by atoms with Crippen molar-refractivity contribution in [3.05, 3.63) is 74.9 Å². The number of nitro groups is 1. The lowest BCUT2D eigenvalue weighted by atomic mass is 10.2. The van der Waals surface area contributed by atoms with Crippen LogP contribution >= 0.6 is 11.8 Å². The maximum Gasteiger partial charge on any atom is 0.269 e. The molecule has 0 aromatic heterocycles. The van der Waals surface area contributed by atoms with Gasteiger partial charge in [0.05, 0.1) is 15.5 Å². The molecule has 0 bridgehead atoms. The van der Waals surface area contributed by atoms with Crippen LogP contribution in [0.1, 0.15) is 12.5 Å². The first-order chi connectivity index (χ1) is 12.5. The van der Waals surface area contributed by atoms with Crippen molar-refractivity contribution in [3.8, 4) is 0 Å². The minimum absolute atomic E-state index is 0.00806. The van der Waals surface area contributed by atoms with Crippen LogP contribution in [0.4, 0.5) is 15.8 Å². The van der Waals surface area contributed by atoms with Crippen molar-refractivity contribution in [1.82, 2.24) is 4.90 Å². The second-order valence-corrected chi connectivity index (χ2v) is 6.39. The van der Waals surface area contributed by atoms with Gasteiger partial charge in [-0.25, -0.2) is 9.38 Å². The lowest BCUT2D eigenvalue weighted by Crippen LogP contribution is -2.28. The minimum atomic E-state index is -0.474. The topological polar surface area (TPSA) is 75.8 Å². The summed E-state index contributed by atoms with van der Waals surface area (Å²) < 4.78 is 13.0. The number of carbonyl (C=O) groups is 1. The Labute approximate surface area is 153 Å². The average molecular weight is 371 g/mol. The van der Waals surface area contributed by atoms with Crippen LogP contribution in [0.15, 0.2) is 58.4 Å². The zero-order chi connectivity index (χ0) is 18.7. The minimum Gasteiger partial charge on any atom is -0.287 e. The Morgan fingerprint density at radius 1 is 1.19 bits per heavy atom. The lowest BCUT2D eigenvalue weighted by Gasteiger charge is -2.11. The van der Waals surface area contributed by atoms with Gasteiger partial charge in [-0.15, -0.1) is 0 Å². The first-order valence-electron chi connectivity index (χ1n) is 7.78. The van der Waals surface area contributed by atoms with Crippen molar-refractivity contribution in [2.24, 2.45) is 4.99 Å². The van der Waals surface area contributed by atoms with Gasteiger partial charge in [-0.05, 0) is 66.7 Å². The Morgan fingerprint density at radius 3 is 2.42 bits per heavy atom. The van der Waals surface area contributed by atoms with Crippen LogP contribution in [0.25, 0.3) is 6.08 Å². The number of thioether (sulfide) groups is 1. The van der Waals surface area contributed by atoms with Gasteiger partial charge in [-0.3, -0.25) is 19.8 Å². The van der Waals surface area contributed by atoms with E-state index in [0.717, 1.165) is 0 Å². The number of amidine groups is 1. The number of rotatable bonds is 4. The summed E-state index contributed by atoms with van der Waals surface area (Å²) in [7, 11) is 0. The van der Waals surface area contributed by atoms with E-state index in [4.69, 9.17) is 0 Å². The van der Waals surface area contributed by atoms with E-state index in [1.165, 1.54) is 40.9 Å². The van der Waals surface area contributed by atoms with E-state index in [0.29, 0.717) is 27.9 Å². The van der Waals surface area contributed by atoms with Crippen LogP contribution in [-0.4, -0.2) is 27.4 Å². The maximum absolute atomic E-state index is 13.0. The summed E-state index contributed by atoms with van der Waals surface area (Å²) in [6.07, 6.45) is 1.67. The molecule has 1 amide bonds. The van der Waals surface area contributed by atoms with Gasteiger partial charge in [0.2, 0.25) is 0 Å². The Morgan fingerprint density at radius 2 is 1.85 bits per heavy atom. The predicted octanol–water partition coefficient (Wildman–Crippen LogP) is 4.36. The Kier molecular flexibility index (Phi) is 5.13. The fourth-order valence-electron chi connectivity index (χ4n) is 2.34. The zero-order valence-electron chi connectivity index (χ0n) is 13.8. The predicted molar refractivity (Wildman–Crippen MR) is 99.5 cm³/mol. The van der Waals surface area contributed by atoms with E-state index in [-0.39, 0.29) is 17.4 Å². The third-order valence-electron chi connectivity index (χ3n) is 3.66. The van der Waals surface area contributed by atoms with Gasteiger partial charge in [0.25, 0.3) is 11.6 Å². The van der Waals surface area contributed by atoms with Crippen molar-refractivity contribution in [3.63, 3.8) is 0 Å². The van der Waals surface area contributed by atoms with Gasteiger partial charge >= 0.3 is 0 Å². The van der Waals surface area contributed by atoms with Crippen molar-refractivity contribution in [2.45, 2.75) is 6.92 Å². The Balaban J connectivity index is 1.88. The molecule has 0 atom stereocenters. The highest BCUT2D eigenvalue weighted by Gasteiger charge is 2.32. The molecule has 1 heterocycles. The SMILES string of the molecule is CCN1C(=O)/C(=C\c2ccc([N+](=O)[O-])cc2)SC1=Nc1ccc(F)cc1. The number of likely N-dealkylation sites (N-methyl/N-ethyl adjacent to an activating group) is 1. The molecule has 0 radical (unpaired) electrons. The highest BCUT2D eigenvalue weighted by atomic mass is 32.2. The molecule has 0 aliphatic carbocycles. The number of amides is 1. The average Bonchev–Trinajstić information content (AvgIpc) is 2.92. The van der Waals surface area contributed by atoms with Crippen molar-refractivity contribution in [1.29, 1.82) is 0 Å². The van der Waals surface area contributed by atoms with Crippen LogP contribution in [0.5, 0.6) is 0 Å². The number of aliphatic imine (C=N–C) groups is 1. The molecule has 0 saturated carbocycles.